The minimum absolute atomic E-state index is 0.212. The number of carbonyl (C=O) groups is 1. The van der Waals surface area contributed by atoms with E-state index in [9.17, 15) is 4.79 Å². The Morgan fingerprint density at radius 1 is 1.21 bits per heavy atom. The van der Waals surface area contributed by atoms with Crippen molar-refractivity contribution in [3.63, 3.8) is 0 Å². The lowest BCUT2D eigenvalue weighted by Gasteiger charge is -2.35. The first-order valence-corrected chi connectivity index (χ1v) is 7.10. The number of nitrogens with one attached hydrogen (secondary N) is 1. The molecule has 1 fully saturated rings. The molecule has 19 heavy (non-hydrogen) atoms. The average molecular weight is 270 g/mol. The monoisotopic (exact) mass is 270 g/mol. The maximum absolute atomic E-state index is 11.6. The van der Waals surface area contributed by atoms with E-state index in [0.29, 0.717) is 19.7 Å². The van der Waals surface area contributed by atoms with Gasteiger partial charge in [-0.1, -0.05) is 13.3 Å². The zero-order valence-electron chi connectivity index (χ0n) is 12.3. The van der Waals surface area contributed by atoms with Crippen molar-refractivity contribution in [3.8, 4) is 0 Å². The first-order valence-electron chi connectivity index (χ1n) is 7.10. The Labute approximate surface area is 115 Å². The molecule has 0 spiro atoms. The molecule has 0 unspecified atom stereocenters. The van der Waals surface area contributed by atoms with Gasteiger partial charge in [0, 0.05) is 39.8 Å². The zero-order valence-corrected chi connectivity index (χ0v) is 12.3. The van der Waals surface area contributed by atoms with E-state index in [4.69, 9.17) is 4.74 Å². The summed E-state index contributed by atoms with van der Waals surface area (Å²) in [6.07, 6.45) is 2.10. The molecular weight excluding hydrogens is 244 g/mol. The van der Waals surface area contributed by atoms with E-state index < -0.39 is 0 Å². The molecule has 1 aliphatic rings. The Balaban J connectivity index is 2.37. The van der Waals surface area contributed by atoms with Gasteiger partial charge in [-0.25, -0.2) is 4.79 Å². The molecule has 1 rings (SSSR count). The Morgan fingerprint density at radius 3 is 2.37 bits per heavy atom. The third kappa shape index (κ3) is 4.96. The molecule has 0 aliphatic carbocycles. The van der Waals surface area contributed by atoms with E-state index >= 15 is 0 Å². The fourth-order valence-corrected chi connectivity index (χ4v) is 2.02. The van der Waals surface area contributed by atoms with Gasteiger partial charge in [0.05, 0.1) is 6.61 Å². The first kappa shape index (κ1) is 15.6. The number of carbonyl (C=O) groups excluding carboxylic acids is 1. The highest BCUT2D eigenvalue weighted by atomic mass is 16.6. The van der Waals surface area contributed by atoms with Crippen LogP contribution in [0.3, 0.4) is 0 Å². The molecular formula is C13H26N4O2. The molecule has 0 bridgehead atoms. The average Bonchev–Trinajstić information content (AvgIpc) is 2.44. The fraction of sp³-hybridized carbons (Fsp3) is 0.846. The molecule has 0 atom stereocenters. The van der Waals surface area contributed by atoms with Gasteiger partial charge in [0.1, 0.15) is 0 Å². The van der Waals surface area contributed by atoms with E-state index in [1.165, 1.54) is 6.42 Å². The number of rotatable bonds is 4. The second-order valence-corrected chi connectivity index (χ2v) is 4.50. The predicted molar refractivity (Wildman–Crippen MR) is 76.4 cm³/mol. The Morgan fingerprint density at radius 2 is 1.84 bits per heavy atom. The number of unbranched alkanes of at least 4 members (excludes halogenated alkanes) is 1. The van der Waals surface area contributed by atoms with Crippen molar-refractivity contribution in [1.29, 1.82) is 0 Å². The lowest BCUT2D eigenvalue weighted by molar-refractivity contribution is 0.0914. The van der Waals surface area contributed by atoms with Gasteiger partial charge < -0.3 is 19.9 Å². The van der Waals surface area contributed by atoms with Crippen LogP contribution in [-0.4, -0.2) is 68.2 Å². The summed E-state index contributed by atoms with van der Waals surface area (Å²) >= 11 is 0. The highest BCUT2D eigenvalue weighted by molar-refractivity contribution is 5.80. The smallest absolute Gasteiger partial charge is 0.409 e. The van der Waals surface area contributed by atoms with Crippen molar-refractivity contribution in [2.45, 2.75) is 26.7 Å². The van der Waals surface area contributed by atoms with E-state index in [0.717, 1.165) is 32.0 Å². The molecule has 0 aromatic carbocycles. The number of hydrogen-bond donors (Lipinski definition) is 1. The summed E-state index contributed by atoms with van der Waals surface area (Å²) in [4.78, 5) is 19.8. The van der Waals surface area contributed by atoms with E-state index in [2.05, 4.69) is 22.1 Å². The highest BCUT2D eigenvalue weighted by Crippen LogP contribution is 2.04. The molecule has 1 aliphatic heterocycles. The number of guanidine groups is 1. The van der Waals surface area contributed by atoms with Gasteiger partial charge in [0.2, 0.25) is 0 Å². The molecule has 6 nitrogen and oxygen atoms in total. The van der Waals surface area contributed by atoms with Crippen LogP contribution in [0.5, 0.6) is 0 Å². The van der Waals surface area contributed by atoms with Crippen molar-refractivity contribution >= 4 is 12.1 Å². The van der Waals surface area contributed by atoms with Crippen LogP contribution in [0, 0.1) is 0 Å². The Hall–Kier alpha value is -1.46. The molecule has 0 aromatic rings. The quantitative estimate of drug-likeness (QED) is 0.473. The van der Waals surface area contributed by atoms with Crippen LogP contribution in [0.1, 0.15) is 26.7 Å². The van der Waals surface area contributed by atoms with Crippen LogP contribution in [-0.2, 0) is 4.74 Å². The van der Waals surface area contributed by atoms with E-state index in [1.54, 1.807) is 11.9 Å². The van der Waals surface area contributed by atoms with Crippen LogP contribution in [0.2, 0.25) is 0 Å². The molecule has 1 heterocycles. The molecule has 6 heteroatoms. The number of aliphatic imine (C=N–C) groups is 1. The summed E-state index contributed by atoms with van der Waals surface area (Å²) in [6, 6.07) is 0. The van der Waals surface area contributed by atoms with Crippen molar-refractivity contribution in [2.75, 3.05) is 46.4 Å². The van der Waals surface area contributed by atoms with Gasteiger partial charge in [0.25, 0.3) is 0 Å². The van der Waals surface area contributed by atoms with Gasteiger partial charge in [0.15, 0.2) is 5.96 Å². The molecule has 1 N–H and O–H groups in total. The molecule has 1 saturated heterocycles. The van der Waals surface area contributed by atoms with Crippen LogP contribution < -0.4 is 5.32 Å². The normalized spacial score (nSPS) is 16.5. The van der Waals surface area contributed by atoms with Crippen LogP contribution >= 0.6 is 0 Å². The van der Waals surface area contributed by atoms with Crippen LogP contribution in [0.4, 0.5) is 4.79 Å². The number of ether oxygens (including phenoxy) is 1. The zero-order chi connectivity index (χ0) is 14.1. The summed E-state index contributed by atoms with van der Waals surface area (Å²) < 4.78 is 5.01. The third-order valence-corrected chi connectivity index (χ3v) is 3.13. The summed E-state index contributed by atoms with van der Waals surface area (Å²) in [5.74, 6) is 0.928. The highest BCUT2D eigenvalue weighted by Gasteiger charge is 2.23. The van der Waals surface area contributed by atoms with Crippen molar-refractivity contribution < 1.29 is 9.53 Å². The lowest BCUT2D eigenvalue weighted by Crippen LogP contribution is -2.53. The van der Waals surface area contributed by atoms with E-state index in [1.807, 2.05) is 6.92 Å². The lowest BCUT2D eigenvalue weighted by atomic mass is 10.3. The number of hydrogen-bond acceptors (Lipinski definition) is 3. The van der Waals surface area contributed by atoms with Gasteiger partial charge in [-0.2, -0.15) is 0 Å². The van der Waals surface area contributed by atoms with Gasteiger partial charge in [-0.15, -0.1) is 0 Å². The topological polar surface area (TPSA) is 57.2 Å². The first-order chi connectivity index (χ1) is 9.22. The number of amides is 1. The van der Waals surface area contributed by atoms with Crippen molar-refractivity contribution in [3.05, 3.63) is 0 Å². The summed E-state index contributed by atoms with van der Waals surface area (Å²) in [6.45, 7) is 8.34. The molecule has 0 radical (unpaired) electrons. The maximum Gasteiger partial charge on any atom is 0.409 e. The third-order valence-electron chi connectivity index (χ3n) is 3.13. The Kier molecular flexibility index (Phi) is 7.07. The minimum Gasteiger partial charge on any atom is -0.450 e. The number of nitrogens with zero attached hydrogens (tertiary/aromatic N) is 3. The summed E-state index contributed by atoms with van der Waals surface area (Å²) in [5.41, 5.74) is 0. The van der Waals surface area contributed by atoms with Crippen LogP contribution in [0.15, 0.2) is 4.99 Å². The largest absolute Gasteiger partial charge is 0.450 e. The van der Waals surface area contributed by atoms with Crippen molar-refractivity contribution in [2.24, 2.45) is 4.99 Å². The van der Waals surface area contributed by atoms with E-state index in [-0.39, 0.29) is 6.09 Å². The van der Waals surface area contributed by atoms with Gasteiger partial charge in [-0.05, 0) is 13.3 Å². The van der Waals surface area contributed by atoms with Gasteiger partial charge in [-0.3, -0.25) is 4.99 Å². The molecule has 110 valence electrons. The molecule has 0 aromatic heterocycles. The summed E-state index contributed by atoms with van der Waals surface area (Å²) in [7, 11) is 1.80. The minimum atomic E-state index is -0.212. The second kappa shape index (κ2) is 8.61. The van der Waals surface area contributed by atoms with Crippen molar-refractivity contribution in [1.82, 2.24) is 15.1 Å². The van der Waals surface area contributed by atoms with Gasteiger partial charge >= 0.3 is 6.09 Å². The second-order valence-electron chi connectivity index (χ2n) is 4.50. The standard InChI is InChI=1S/C13H26N4O2/c1-4-6-7-15-12(14-3)16-8-10-17(11-9-16)13(18)19-5-2/h4-11H2,1-3H3,(H,14,15). The molecule has 1 amide bonds. The number of piperazine rings is 1. The SMILES string of the molecule is CCCCNC(=NC)N1CCN(C(=O)OCC)CC1. The fourth-order valence-electron chi connectivity index (χ4n) is 2.02. The predicted octanol–water partition coefficient (Wildman–Crippen LogP) is 1.14. The Bertz CT molecular complexity index is 299. The van der Waals surface area contributed by atoms with Crippen LogP contribution in [0.25, 0.3) is 0 Å². The summed E-state index contributed by atoms with van der Waals surface area (Å²) in [5, 5.41) is 3.35. The maximum atomic E-state index is 11.6. The molecule has 0 saturated carbocycles.